The van der Waals surface area contributed by atoms with Crippen LogP contribution in [0.4, 0.5) is 5.69 Å². The van der Waals surface area contributed by atoms with Crippen molar-refractivity contribution in [2.45, 2.75) is 6.42 Å². The van der Waals surface area contributed by atoms with Crippen molar-refractivity contribution in [3.63, 3.8) is 0 Å². The van der Waals surface area contributed by atoms with E-state index in [1.165, 1.54) is 0 Å². The first-order valence-electron chi connectivity index (χ1n) is 5.16. The molecule has 5 nitrogen and oxygen atoms in total. The molecular weight excluding hydrogens is 240 g/mol. The van der Waals surface area contributed by atoms with E-state index in [2.05, 4.69) is 15.2 Å². The van der Waals surface area contributed by atoms with E-state index in [4.69, 9.17) is 22.1 Å². The molecule has 0 saturated heterocycles. The van der Waals surface area contributed by atoms with Crippen LogP contribution in [-0.4, -0.2) is 28.9 Å². The summed E-state index contributed by atoms with van der Waals surface area (Å²) in [4.78, 5) is 4.34. The van der Waals surface area contributed by atoms with Crippen LogP contribution in [0.15, 0.2) is 18.2 Å². The lowest BCUT2D eigenvalue weighted by molar-refractivity contribution is 0.200. The van der Waals surface area contributed by atoms with Gasteiger partial charge in [0.15, 0.2) is 5.82 Å². The molecule has 0 aliphatic carbocycles. The normalized spacial score (nSPS) is 10.7. The lowest BCUT2D eigenvalue weighted by atomic mass is 10.2. The molecule has 2 aromatic rings. The van der Waals surface area contributed by atoms with Crippen LogP contribution >= 0.6 is 11.6 Å². The first-order valence-corrected chi connectivity index (χ1v) is 5.54. The maximum absolute atomic E-state index is 5.85. The van der Waals surface area contributed by atoms with E-state index in [9.17, 15) is 0 Å². The van der Waals surface area contributed by atoms with E-state index in [1.54, 1.807) is 19.2 Å². The minimum atomic E-state index is 0.521. The topological polar surface area (TPSA) is 76.8 Å². The van der Waals surface area contributed by atoms with Gasteiger partial charge in [-0.05, 0) is 18.2 Å². The van der Waals surface area contributed by atoms with E-state index >= 15 is 0 Å². The average molecular weight is 253 g/mol. The summed E-state index contributed by atoms with van der Waals surface area (Å²) in [5.74, 6) is 1.40. The molecule has 17 heavy (non-hydrogen) atoms. The Morgan fingerprint density at radius 3 is 3.00 bits per heavy atom. The Morgan fingerprint density at radius 2 is 2.29 bits per heavy atom. The Kier molecular flexibility index (Phi) is 3.61. The number of aromatic nitrogens is 3. The van der Waals surface area contributed by atoms with Gasteiger partial charge in [0.05, 0.1) is 17.3 Å². The Balaban J connectivity index is 2.21. The largest absolute Gasteiger partial charge is 0.398 e. The average Bonchev–Trinajstić information content (AvgIpc) is 2.79. The summed E-state index contributed by atoms with van der Waals surface area (Å²) in [7, 11) is 1.65. The number of anilines is 1. The lowest BCUT2D eigenvalue weighted by Crippen LogP contribution is -1.96. The fourth-order valence-corrected chi connectivity index (χ4v) is 1.54. The fourth-order valence-electron chi connectivity index (χ4n) is 1.42. The molecule has 6 heteroatoms. The molecule has 1 heterocycles. The number of halogens is 1. The monoisotopic (exact) mass is 252 g/mol. The maximum Gasteiger partial charge on any atom is 0.181 e. The van der Waals surface area contributed by atoms with Gasteiger partial charge in [0.1, 0.15) is 5.82 Å². The third-order valence-electron chi connectivity index (χ3n) is 2.33. The van der Waals surface area contributed by atoms with Crippen LogP contribution in [0.2, 0.25) is 5.02 Å². The molecule has 0 spiro atoms. The number of nitrogens with zero attached hydrogens (tertiary/aromatic N) is 2. The number of hydrogen-bond acceptors (Lipinski definition) is 4. The molecule has 1 aromatic heterocycles. The molecule has 0 atom stereocenters. The predicted octanol–water partition coefficient (Wildman–Crippen LogP) is 1.90. The van der Waals surface area contributed by atoms with Crippen LogP contribution in [0, 0.1) is 0 Å². The van der Waals surface area contributed by atoms with Crippen molar-refractivity contribution in [2.75, 3.05) is 19.5 Å². The summed E-state index contributed by atoms with van der Waals surface area (Å²) in [5, 5.41) is 7.51. The van der Waals surface area contributed by atoms with Crippen molar-refractivity contribution in [3.8, 4) is 11.4 Å². The standard InChI is InChI=1S/C11H13ClN4O/c1-17-5-4-10-14-11(16-15-10)7-2-3-8(12)9(13)6-7/h2-3,6H,4-5,13H2,1H3,(H,14,15,16). The van der Waals surface area contributed by atoms with Gasteiger partial charge in [-0.25, -0.2) is 4.98 Å². The van der Waals surface area contributed by atoms with Crippen LogP contribution in [-0.2, 0) is 11.2 Å². The lowest BCUT2D eigenvalue weighted by Gasteiger charge is -1.99. The number of rotatable bonds is 4. The van der Waals surface area contributed by atoms with Gasteiger partial charge >= 0.3 is 0 Å². The highest BCUT2D eigenvalue weighted by atomic mass is 35.5. The molecule has 90 valence electrons. The molecule has 1 aromatic carbocycles. The molecule has 0 radical (unpaired) electrons. The molecule has 0 unspecified atom stereocenters. The van der Waals surface area contributed by atoms with Gasteiger partial charge in [-0.3, -0.25) is 5.10 Å². The molecule has 0 fully saturated rings. The molecule has 3 N–H and O–H groups in total. The Bertz CT molecular complexity index is 512. The first kappa shape index (κ1) is 11.9. The number of methoxy groups -OCH3 is 1. The van der Waals surface area contributed by atoms with Gasteiger partial charge in [-0.15, -0.1) is 0 Å². The number of ether oxygens (including phenoxy) is 1. The third kappa shape index (κ3) is 2.75. The van der Waals surface area contributed by atoms with E-state index < -0.39 is 0 Å². The molecule has 0 saturated carbocycles. The van der Waals surface area contributed by atoms with Gasteiger partial charge in [-0.1, -0.05) is 11.6 Å². The Hall–Kier alpha value is -1.59. The first-order chi connectivity index (χ1) is 8.20. The van der Waals surface area contributed by atoms with Gasteiger partial charge in [0, 0.05) is 19.1 Å². The number of H-pyrrole nitrogens is 1. The molecule has 0 bridgehead atoms. The van der Waals surface area contributed by atoms with Gasteiger partial charge in [0.2, 0.25) is 0 Å². The van der Waals surface area contributed by atoms with E-state index in [-0.39, 0.29) is 0 Å². The zero-order valence-electron chi connectivity index (χ0n) is 9.40. The molecule has 0 aliphatic rings. The minimum Gasteiger partial charge on any atom is -0.398 e. The summed E-state index contributed by atoms with van der Waals surface area (Å²) >= 11 is 5.85. The molecule has 0 aliphatic heterocycles. The minimum absolute atomic E-state index is 0.521. The number of benzene rings is 1. The highest BCUT2D eigenvalue weighted by molar-refractivity contribution is 6.33. The highest BCUT2D eigenvalue weighted by Gasteiger charge is 2.07. The summed E-state index contributed by atoms with van der Waals surface area (Å²) in [6.45, 7) is 0.609. The number of nitrogens with one attached hydrogen (secondary N) is 1. The van der Waals surface area contributed by atoms with Gasteiger partial charge in [-0.2, -0.15) is 5.10 Å². The smallest absolute Gasteiger partial charge is 0.181 e. The Morgan fingerprint density at radius 1 is 1.47 bits per heavy atom. The SMILES string of the molecule is COCCc1nc(-c2ccc(Cl)c(N)c2)n[nH]1. The summed E-state index contributed by atoms with van der Waals surface area (Å²) < 4.78 is 4.97. The van der Waals surface area contributed by atoms with Crippen molar-refractivity contribution in [2.24, 2.45) is 0 Å². The van der Waals surface area contributed by atoms with E-state index in [1.807, 2.05) is 6.07 Å². The number of nitrogens with two attached hydrogens (primary N) is 1. The highest BCUT2D eigenvalue weighted by Crippen LogP contribution is 2.24. The van der Waals surface area contributed by atoms with E-state index in [0.29, 0.717) is 29.6 Å². The molecular formula is C11H13ClN4O. The fraction of sp³-hybridized carbons (Fsp3) is 0.273. The molecule has 0 amide bonds. The van der Waals surface area contributed by atoms with E-state index in [0.717, 1.165) is 11.4 Å². The van der Waals surface area contributed by atoms with Crippen molar-refractivity contribution in [3.05, 3.63) is 29.0 Å². The number of nitrogen functional groups attached to an aromatic ring is 1. The van der Waals surface area contributed by atoms with Crippen molar-refractivity contribution >= 4 is 17.3 Å². The van der Waals surface area contributed by atoms with Gasteiger partial charge < -0.3 is 10.5 Å². The maximum atomic E-state index is 5.85. The third-order valence-corrected chi connectivity index (χ3v) is 2.67. The Labute approximate surface area is 104 Å². The second-order valence-electron chi connectivity index (χ2n) is 3.58. The van der Waals surface area contributed by atoms with Crippen LogP contribution in [0.25, 0.3) is 11.4 Å². The van der Waals surface area contributed by atoms with Gasteiger partial charge in [0.25, 0.3) is 0 Å². The van der Waals surface area contributed by atoms with Crippen molar-refractivity contribution < 1.29 is 4.74 Å². The molecule has 2 rings (SSSR count). The zero-order chi connectivity index (χ0) is 12.3. The van der Waals surface area contributed by atoms with Crippen LogP contribution in [0.5, 0.6) is 0 Å². The van der Waals surface area contributed by atoms with Crippen molar-refractivity contribution in [1.82, 2.24) is 15.2 Å². The van der Waals surface area contributed by atoms with Crippen LogP contribution < -0.4 is 5.73 Å². The summed E-state index contributed by atoms with van der Waals surface area (Å²) in [5.41, 5.74) is 7.09. The quantitative estimate of drug-likeness (QED) is 0.815. The summed E-state index contributed by atoms with van der Waals surface area (Å²) in [6.07, 6.45) is 0.701. The van der Waals surface area contributed by atoms with Crippen LogP contribution in [0.3, 0.4) is 0 Å². The summed E-state index contributed by atoms with van der Waals surface area (Å²) in [6, 6.07) is 5.32. The second-order valence-corrected chi connectivity index (χ2v) is 3.99. The number of aromatic amines is 1. The second kappa shape index (κ2) is 5.16. The van der Waals surface area contributed by atoms with Crippen LogP contribution in [0.1, 0.15) is 5.82 Å². The number of hydrogen-bond donors (Lipinski definition) is 2. The van der Waals surface area contributed by atoms with Crippen molar-refractivity contribution in [1.29, 1.82) is 0 Å². The zero-order valence-corrected chi connectivity index (χ0v) is 10.2. The predicted molar refractivity (Wildman–Crippen MR) is 66.8 cm³/mol.